The van der Waals surface area contributed by atoms with Crippen LogP contribution in [0.2, 0.25) is 0 Å². The summed E-state index contributed by atoms with van der Waals surface area (Å²) in [6.45, 7) is 8.16. The summed E-state index contributed by atoms with van der Waals surface area (Å²) in [5.74, 6) is -1.77. The van der Waals surface area contributed by atoms with E-state index in [1.807, 2.05) is 13.8 Å². The third-order valence-electron chi connectivity index (χ3n) is 7.80. The molecule has 7 nitrogen and oxygen atoms in total. The van der Waals surface area contributed by atoms with Gasteiger partial charge in [0.1, 0.15) is 6.10 Å². The number of aliphatic hydroxyl groups is 2. The van der Waals surface area contributed by atoms with Gasteiger partial charge >= 0.3 is 11.9 Å². The van der Waals surface area contributed by atoms with E-state index in [9.17, 15) is 30.2 Å². The molecule has 0 unspecified atom stereocenters. The summed E-state index contributed by atoms with van der Waals surface area (Å²) >= 11 is 0. The van der Waals surface area contributed by atoms with Crippen molar-refractivity contribution in [2.45, 2.75) is 97.4 Å². The van der Waals surface area contributed by atoms with Gasteiger partial charge in [-0.1, -0.05) is 46.3 Å². The van der Waals surface area contributed by atoms with Crippen LogP contribution in [0.25, 0.3) is 0 Å². The molecule has 0 saturated heterocycles. The molecule has 1 aliphatic carbocycles. The van der Waals surface area contributed by atoms with Crippen LogP contribution in [0, 0.1) is 46.8 Å². The number of carbonyl (C=O) groups excluding carboxylic acids is 1. The van der Waals surface area contributed by atoms with Gasteiger partial charge in [0.05, 0.1) is 36.2 Å². The monoisotopic (exact) mass is 489 g/mol. The zero-order valence-electron chi connectivity index (χ0n) is 21.6. The van der Waals surface area contributed by atoms with Crippen LogP contribution < -0.4 is 0 Å². The average Bonchev–Trinajstić information content (AvgIpc) is 3.27. The van der Waals surface area contributed by atoms with Gasteiger partial charge in [-0.05, 0) is 61.9 Å². The smallest absolute Gasteiger partial charge is 0.308 e. The molecule has 2 aliphatic rings. The van der Waals surface area contributed by atoms with Gasteiger partial charge in [0, 0.05) is 12.3 Å². The van der Waals surface area contributed by atoms with E-state index in [1.54, 1.807) is 18.2 Å². The van der Waals surface area contributed by atoms with Crippen molar-refractivity contribution in [1.29, 1.82) is 5.26 Å². The molecule has 1 saturated carbocycles. The van der Waals surface area contributed by atoms with E-state index < -0.39 is 36.2 Å². The molecule has 0 bridgehead atoms. The Morgan fingerprint density at radius 1 is 1.06 bits per heavy atom. The van der Waals surface area contributed by atoms with E-state index in [0.29, 0.717) is 31.1 Å². The Balaban J connectivity index is 2.30. The van der Waals surface area contributed by atoms with Gasteiger partial charge in [-0.2, -0.15) is 5.26 Å². The van der Waals surface area contributed by atoms with Crippen molar-refractivity contribution in [3.8, 4) is 6.07 Å². The fourth-order valence-electron chi connectivity index (χ4n) is 5.97. The number of nitrogens with zero attached hydrogens (tertiary/aromatic N) is 1. The van der Waals surface area contributed by atoms with Gasteiger partial charge in [0.2, 0.25) is 0 Å². The van der Waals surface area contributed by atoms with Crippen molar-refractivity contribution in [3.05, 3.63) is 23.8 Å². The van der Waals surface area contributed by atoms with E-state index in [-0.39, 0.29) is 29.7 Å². The van der Waals surface area contributed by atoms with Gasteiger partial charge in [0.25, 0.3) is 0 Å². The SMILES string of the molecule is C[C@@H]1C[C@H](C)C[C@H](C)[C@@H](O)C(C#N)=CC=CC[C@@H]([C@@H]2CCC[C@@H]2C(=O)O)OC(=O)C[C@@H](O)[C@H](C)C1. The highest BCUT2D eigenvalue weighted by Crippen LogP contribution is 2.37. The molecule has 3 N–H and O–H groups in total. The van der Waals surface area contributed by atoms with Crippen LogP contribution in [0.1, 0.15) is 79.1 Å². The van der Waals surface area contributed by atoms with Gasteiger partial charge in [-0.25, -0.2) is 0 Å². The summed E-state index contributed by atoms with van der Waals surface area (Å²) in [4.78, 5) is 24.5. The average molecular weight is 490 g/mol. The lowest BCUT2D eigenvalue weighted by molar-refractivity contribution is -0.159. The number of carboxylic acid groups (broad SMARTS) is 1. The van der Waals surface area contributed by atoms with Crippen LogP contribution in [-0.2, 0) is 14.3 Å². The van der Waals surface area contributed by atoms with E-state index in [1.165, 1.54) is 0 Å². The Hall–Kier alpha value is -2.17. The zero-order chi connectivity index (χ0) is 26.1. The van der Waals surface area contributed by atoms with Gasteiger partial charge < -0.3 is 20.1 Å². The molecule has 0 spiro atoms. The normalized spacial score (nSPS) is 38.5. The number of carboxylic acids is 1. The second-order valence-corrected chi connectivity index (χ2v) is 11.1. The van der Waals surface area contributed by atoms with Crippen LogP contribution in [0.3, 0.4) is 0 Å². The molecule has 1 aliphatic heterocycles. The number of nitriles is 1. The molecule has 35 heavy (non-hydrogen) atoms. The number of hydrogen-bond donors (Lipinski definition) is 3. The number of ether oxygens (including phenoxy) is 1. The molecule has 196 valence electrons. The van der Waals surface area contributed by atoms with Crippen molar-refractivity contribution in [3.63, 3.8) is 0 Å². The molecule has 0 amide bonds. The number of aliphatic hydroxyl groups excluding tert-OH is 2. The lowest BCUT2D eigenvalue weighted by Crippen LogP contribution is -2.34. The zero-order valence-corrected chi connectivity index (χ0v) is 21.6. The number of rotatable bonds is 2. The van der Waals surface area contributed by atoms with Crippen molar-refractivity contribution >= 4 is 11.9 Å². The molecule has 1 fully saturated rings. The quantitative estimate of drug-likeness (QED) is 0.482. The van der Waals surface area contributed by atoms with Crippen LogP contribution in [0.4, 0.5) is 0 Å². The van der Waals surface area contributed by atoms with Crippen LogP contribution in [-0.4, -0.2) is 45.6 Å². The minimum absolute atomic E-state index is 0.0816. The fraction of sp³-hybridized carbons (Fsp3) is 0.750. The third-order valence-corrected chi connectivity index (χ3v) is 7.80. The highest BCUT2D eigenvalue weighted by atomic mass is 16.5. The number of esters is 1. The second kappa shape index (κ2) is 13.8. The van der Waals surface area contributed by atoms with Gasteiger partial charge in [-0.15, -0.1) is 0 Å². The summed E-state index contributed by atoms with van der Waals surface area (Å²) in [7, 11) is 0. The molecule has 0 aromatic rings. The minimum atomic E-state index is -0.882. The van der Waals surface area contributed by atoms with Gasteiger partial charge in [-0.3, -0.25) is 9.59 Å². The standard InChI is InChI=1S/C28H43NO6/c1-17-12-18(2)14-20(4)27(32)21(16-29)8-5-6-11-25(22-9-7-10-23(22)28(33)34)35-26(31)15-24(30)19(3)13-17/h5-6,8,17-20,22-25,27,30,32H,7,9-15H2,1-4H3,(H,33,34)/t17-,18+,19-,20+,22-,23+,24-,25+,27-/m1/s1. The Kier molecular flexibility index (Phi) is 11.5. The maximum Gasteiger partial charge on any atom is 0.308 e. The fourth-order valence-corrected chi connectivity index (χ4v) is 5.97. The number of carbonyl (C=O) groups is 2. The number of cyclic esters (lactones) is 1. The molecule has 9 atom stereocenters. The summed E-state index contributed by atoms with van der Waals surface area (Å²) in [5.41, 5.74) is 0.282. The minimum Gasteiger partial charge on any atom is -0.481 e. The Morgan fingerprint density at radius 3 is 2.34 bits per heavy atom. The number of aliphatic carboxylic acids is 1. The molecular weight excluding hydrogens is 446 g/mol. The predicted octanol–water partition coefficient (Wildman–Crippen LogP) is 4.64. The first-order chi connectivity index (χ1) is 16.5. The van der Waals surface area contributed by atoms with E-state index in [0.717, 1.165) is 25.7 Å². The van der Waals surface area contributed by atoms with Crippen molar-refractivity contribution in [1.82, 2.24) is 0 Å². The predicted molar refractivity (Wildman–Crippen MR) is 133 cm³/mol. The largest absolute Gasteiger partial charge is 0.481 e. The Bertz CT molecular complexity index is 815. The molecule has 1 heterocycles. The highest BCUT2D eigenvalue weighted by Gasteiger charge is 2.39. The lowest BCUT2D eigenvalue weighted by atomic mass is 9.82. The van der Waals surface area contributed by atoms with E-state index >= 15 is 0 Å². The summed E-state index contributed by atoms with van der Waals surface area (Å²) in [6.07, 6.45) is 7.33. The van der Waals surface area contributed by atoms with Crippen molar-refractivity contribution in [2.24, 2.45) is 35.5 Å². The third kappa shape index (κ3) is 8.77. The van der Waals surface area contributed by atoms with E-state index in [2.05, 4.69) is 19.9 Å². The molecule has 0 aromatic heterocycles. The first kappa shape index (κ1) is 29.1. The van der Waals surface area contributed by atoms with E-state index in [4.69, 9.17) is 4.74 Å². The summed E-state index contributed by atoms with van der Waals surface area (Å²) in [6, 6.07) is 2.10. The Labute approximate surface area is 209 Å². The van der Waals surface area contributed by atoms with Crippen molar-refractivity contribution in [2.75, 3.05) is 0 Å². The Morgan fingerprint density at radius 2 is 1.71 bits per heavy atom. The summed E-state index contributed by atoms with van der Waals surface area (Å²) in [5, 5.41) is 40.6. The maximum absolute atomic E-state index is 12.7. The van der Waals surface area contributed by atoms with Crippen LogP contribution >= 0.6 is 0 Å². The highest BCUT2D eigenvalue weighted by molar-refractivity contribution is 5.72. The molecule has 0 aromatic carbocycles. The topological polar surface area (TPSA) is 128 Å². The molecule has 2 rings (SSSR count). The van der Waals surface area contributed by atoms with Crippen molar-refractivity contribution < 1.29 is 29.6 Å². The number of hydrogen-bond acceptors (Lipinski definition) is 6. The molecule has 7 heteroatoms. The van der Waals surface area contributed by atoms with Gasteiger partial charge in [0.15, 0.2) is 0 Å². The maximum atomic E-state index is 12.7. The first-order valence-electron chi connectivity index (χ1n) is 13.1. The molecule has 0 radical (unpaired) electrons. The molecular formula is C28H43NO6. The van der Waals surface area contributed by atoms with Crippen LogP contribution in [0.15, 0.2) is 23.8 Å². The first-order valence-corrected chi connectivity index (χ1v) is 13.1. The number of allylic oxidation sites excluding steroid dienone is 2. The summed E-state index contributed by atoms with van der Waals surface area (Å²) < 4.78 is 5.77. The van der Waals surface area contributed by atoms with Crippen LogP contribution in [0.5, 0.6) is 0 Å². The lowest BCUT2D eigenvalue weighted by Gasteiger charge is -2.28. The second-order valence-electron chi connectivity index (χ2n) is 11.1.